The molecule has 8 nitrogen and oxygen atoms in total. The number of rotatable bonds is 4. The van der Waals surface area contributed by atoms with E-state index < -0.39 is 24.7 Å². The van der Waals surface area contributed by atoms with Gasteiger partial charge in [0, 0.05) is 13.0 Å². The Morgan fingerprint density at radius 2 is 2.24 bits per heavy atom. The van der Waals surface area contributed by atoms with Gasteiger partial charge in [0.1, 0.15) is 25.2 Å². The summed E-state index contributed by atoms with van der Waals surface area (Å²) in [5.74, 6) is 0.126. The second kappa shape index (κ2) is 6.82. The lowest BCUT2D eigenvalue weighted by molar-refractivity contribution is -0.142. The smallest absolute Gasteiger partial charge is 0.408 e. The number of nitrogens with zero attached hydrogens (tertiary/aromatic N) is 5. The molecule has 2 aromatic rings. The molecular weight excluding hydrogens is 343 g/mol. The maximum atomic E-state index is 12.7. The van der Waals surface area contributed by atoms with Crippen molar-refractivity contribution in [3.8, 4) is 0 Å². The van der Waals surface area contributed by atoms with Crippen molar-refractivity contribution in [2.24, 2.45) is 0 Å². The van der Waals surface area contributed by atoms with Crippen molar-refractivity contribution in [3.63, 3.8) is 0 Å². The first kappa shape index (κ1) is 17.4. The van der Waals surface area contributed by atoms with Crippen LogP contribution in [-0.2, 0) is 17.7 Å². The Morgan fingerprint density at radius 1 is 1.44 bits per heavy atom. The molecule has 0 bridgehead atoms. The second-order valence-electron chi connectivity index (χ2n) is 5.48. The van der Waals surface area contributed by atoms with Crippen LogP contribution in [-0.4, -0.2) is 56.5 Å². The van der Waals surface area contributed by atoms with Crippen LogP contribution < -0.4 is 0 Å². The number of oxazole rings is 1. The average Bonchev–Trinajstić information content (AvgIpc) is 3.22. The molecule has 136 valence electrons. The van der Waals surface area contributed by atoms with Gasteiger partial charge in [0.2, 0.25) is 0 Å². The lowest BCUT2D eigenvalue weighted by Gasteiger charge is -2.33. The molecule has 1 fully saturated rings. The van der Waals surface area contributed by atoms with Gasteiger partial charge in [-0.3, -0.25) is 4.79 Å². The Hall–Kier alpha value is -2.43. The molecule has 0 spiro atoms. The largest absolute Gasteiger partial charge is 0.448 e. The second-order valence-corrected chi connectivity index (χ2v) is 5.48. The number of halogens is 3. The monoisotopic (exact) mass is 359 g/mol. The predicted octanol–water partition coefficient (Wildman–Crippen LogP) is 1.60. The van der Waals surface area contributed by atoms with Crippen molar-refractivity contribution in [3.05, 3.63) is 30.0 Å². The van der Waals surface area contributed by atoms with Crippen molar-refractivity contribution in [2.45, 2.75) is 32.1 Å². The van der Waals surface area contributed by atoms with Crippen LogP contribution >= 0.6 is 0 Å². The maximum Gasteiger partial charge on any atom is 0.408 e. The van der Waals surface area contributed by atoms with Gasteiger partial charge in [-0.1, -0.05) is 6.92 Å². The summed E-state index contributed by atoms with van der Waals surface area (Å²) in [5, 5.41) is 3.83. The molecule has 3 rings (SSSR count). The number of amides is 1. The summed E-state index contributed by atoms with van der Waals surface area (Å²) in [5.41, 5.74) is 0.137. The summed E-state index contributed by atoms with van der Waals surface area (Å²) < 4.78 is 48.6. The van der Waals surface area contributed by atoms with Crippen molar-refractivity contribution in [1.29, 1.82) is 0 Å². The summed E-state index contributed by atoms with van der Waals surface area (Å²) in [6.07, 6.45) is -1.60. The number of carbonyl (C=O) groups excluding carboxylic acids is 1. The fourth-order valence-electron chi connectivity index (χ4n) is 2.50. The number of carbonyl (C=O) groups is 1. The Kier molecular flexibility index (Phi) is 4.75. The Labute approximate surface area is 140 Å². The Morgan fingerprint density at radius 3 is 2.92 bits per heavy atom. The molecule has 1 aliphatic rings. The van der Waals surface area contributed by atoms with Gasteiger partial charge in [0.05, 0.1) is 13.2 Å². The number of morpholine rings is 1. The molecule has 0 N–H and O–H groups in total. The van der Waals surface area contributed by atoms with E-state index in [0.29, 0.717) is 23.6 Å². The molecule has 25 heavy (non-hydrogen) atoms. The summed E-state index contributed by atoms with van der Waals surface area (Å²) >= 11 is 0. The molecule has 0 aromatic carbocycles. The van der Waals surface area contributed by atoms with Crippen LogP contribution in [0.25, 0.3) is 0 Å². The van der Waals surface area contributed by atoms with Gasteiger partial charge in [-0.25, -0.2) is 14.6 Å². The molecule has 3 heterocycles. The normalized spacial score (nSPS) is 18.6. The number of hydrogen-bond acceptors (Lipinski definition) is 6. The summed E-state index contributed by atoms with van der Waals surface area (Å²) in [6, 6.07) is -0.683. The van der Waals surface area contributed by atoms with Gasteiger partial charge in [0.15, 0.2) is 17.4 Å². The zero-order chi connectivity index (χ0) is 18.0. The highest BCUT2D eigenvalue weighted by molar-refractivity contribution is 5.92. The first-order valence-electron chi connectivity index (χ1n) is 7.66. The van der Waals surface area contributed by atoms with Crippen LogP contribution in [0, 0.1) is 0 Å². The summed E-state index contributed by atoms with van der Waals surface area (Å²) in [4.78, 5) is 22.1. The number of ether oxygens (including phenoxy) is 1. The maximum absolute atomic E-state index is 12.7. The first-order valence-corrected chi connectivity index (χ1v) is 7.66. The van der Waals surface area contributed by atoms with E-state index in [1.807, 2.05) is 6.92 Å². The summed E-state index contributed by atoms with van der Waals surface area (Å²) in [7, 11) is 0. The van der Waals surface area contributed by atoms with E-state index in [1.54, 1.807) is 0 Å². The molecular formula is C14H16F3N5O3. The van der Waals surface area contributed by atoms with Crippen molar-refractivity contribution >= 4 is 5.91 Å². The standard InChI is InChI=1S/C14H16F3N5O3/c1-2-11-19-9(5-25-11)13(23)22-3-4-24-6-10(22)12-18-8-21(20-12)7-14(15,16)17/h5,8,10H,2-4,6-7H2,1H3. The highest BCUT2D eigenvalue weighted by atomic mass is 19.4. The van der Waals surface area contributed by atoms with Crippen molar-refractivity contribution < 1.29 is 27.1 Å². The molecule has 0 radical (unpaired) electrons. The van der Waals surface area contributed by atoms with Crippen LogP contribution in [0.2, 0.25) is 0 Å². The quantitative estimate of drug-likeness (QED) is 0.824. The van der Waals surface area contributed by atoms with Gasteiger partial charge in [-0.2, -0.15) is 18.3 Å². The van der Waals surface area contributed by atoms with E-state index in [4.69, 9.17) is 9.15 Å². The molecule has 2 aromatic heterocycles. The Bertz CT molecular complexity index is 742. The molecule has 1 aliphatic heterocycles. The minimum atomic E-state index is -4.40. The van der Waals surface area contributed by atoms with Gasteiger partial charge < -0.3 is 14.1 Å². The molecule has 0 aliphatic carbocycles. The number of hydrogen-bond donors (Lipinski definition) is 0. The molecule has 11 heteroatoms. The number of alkyl halides is 3. The van der Waals surface area contributed by atoms with Crippen molar-refractivity contribution in [1.82, 2.24) is 24.6 Å². The zero-order valence-electron chi connectivity index (χ0n) is 13.4. The van der Waals surface area contributed by atoms with Crippen LogP contribution in [0.5, 0.6) is 0 Å². The van der Waals surface area contributed by atoms with E-state index >= 15 is 0 Å². The van der Waals surface area contributed by atoms with Crippen LogP contribution in [0.1, 0.15) is 35.2 Å². The lowest BCUT2D eigenvalue weighted by atomic mass is 10.2. The third-order valence-corrected chi connectivity index (χ3v) is 3.66. The van der Waals surface area contributed by atoms with E-state index in [2.05, 4.69) is 15.1 Å². The molecule has 1 amide bonds. The van der Waals surface area contributed by atoms with Gasteiger partial charge >= 0.3 is 6.18 Å². The number of aromatic nitrogens is 4. The SMILES string of the molecule is CCc1nc(C(=O)N2CCOCC2c2ncn(CC(F)(F)F)n2)co1. The topological polar surface area (TPSA) is 86.3 Å². The first-order chi connectivity index (χ1) is 11.9. The highest BCUT2D eigenvalue weighted by Crippen LogP contribution is 2.24. The van der Waals surface area contributed by atoms with Crippen LogP contribution in [0.4, 0.5) is 13.2 Å². The Balaban J connectivity index is 1.80. The van der Waals surface area contributed by atoms with E-state index in [0.717, 1.165) is 6.33 Å². The third kappa shape index (κ3) is 3.98. The fraction of sp³-hybridized carbons (Fsp3) is 0.571. The zero-order valence-corrected chi connectivity index (χ0v) is 13.4. The highest BCUT2D eigenvalue weighted by Gasteiger charge is 2.34. The minimum absolute atomic E-state index is 0.0940. The third-order valence-electron chi connectivity index (χ3n) is 3.66. The van der Waals surface area contributed by atoms with E-state index in [9.17, 15) is 18.0 Å². The minimum Gasteiger partial charge on any atom is -0.448 e. The van der Waals surface area contributed by atoms with Crippen LogP contribution in [0.15, 0.2) is 17.0 Å². The van der Waals surface area contributed by atoms with Gasteiger partial charge in [-0.15, -0.1) is 0 Å². The number of aryl methyl sites for hydroxylation is 1. The molecule has 1 saturated heterocycles. The van der Waals surface area contributed by atoms with Crippen molar-refractivity contribution in [2.75, 3.05) is 19.8 Å². The summed E-state index contributed by atoms with van der Waals surface area (Å²) in [6.45, 7) is 1.26. The average molecular weight is 359 g/mol. The van der Waals surface area contributed by atoms with E-state index in [-0.39, 0.29) is 24.7 Å². The van der Waals surface area contributed by atoms with Gasteiger partial charge in [0.25, 0.3) is 5.91 Å². The molecule has 1 unspecified atom stereocenters. The lowest BCUT2D eigenvalue weighted by Crippen LogP contribution is -2.44. The fourth-order valence-corrected chi connectivity index (χ4v) is 2.50. The van der Waals surface area contributed by atoms with E-state index in [1.165, 1.54) is 11.2 Å². The van der Waals surface area contributed by atoms with Gasteiger partial charge in [-0.05, 0) is 0 Å². The molecule has 0 saturated carbocycles. The molecule has 1 atom stereocenters. The van der Waals surface area contributed by atoms with Crippen LogP contribution in [0.3, 0.4) is 0 Å². The predicted molar refractivity (Wildman–Crippen MR) is 76.6 cm³/mol.